The van der Waals surface area contributed by atoms with E-state index < -0.39 is 5.97 Å². The number of carbonyl (C=O) groups is 1. The van der Waals surface area contributed by atoms with E-state index in [0.29, 0.717) is 17.0 Å². The summed E-state index contributed by atoms with van der Waals surface area (Å²) < 4.78 is 1.77. The second kappa shape index (κ2) is 6.48. The van der Waals surface area contributed by atoms with Gasteiger partial charge in [-0.2, -0.15) is 0 Å². The van der Waals surface area contributed by atoms with Crippen LogP contribution in [0.25, 0.3) is 0 Å². The van der Waals surface area contributed by atoms with Crippen molar-refractivity contribution in [1.29, 1.82) is 0 Å². The molecule has 0 fully saturated rings. The van der Waals surface area contributed by atoms with Crippen LogP contribution in [0, 0.1) is 5.92 Å². The van der Waals surface area contributed by atoms with Crippen molar-refractivity contribution in [2.45, 2.75) is 38.4 Å². The van der Waals surface area contributed by atoms with Crippen molar-refractivity contribution in [3.05, 3.63) is 0 Å². The molecule has 17 heavy (non-hydrogen) atoms. The molecule has 0 aliphatic rings. The van der Waals surface area contributed by atoms with Crippen LogP contribution in [0.2, 0.25) is 0 Å². The highest BCUT2D eigenvalue weighted by molar-refractivity contribution is 7.99. The lowest BCUT2D eigenvalue weighted by molar-refractivity contribution is -0.133. The number of thioether (sulfide) groups is 1. The summed E-state index contributed by atoms with van der Waals surface area (Å²) in [6.45, 7) is 5.06. The van der Waals surface area contributed by atoms with E-state index in [1.807, 2.05) is 0 Å². The number of anilines is 1. The minimum absolute atomic E-state index is 0.0255. The number of carboxylic acids is 1. The van der Waals surface area contributed by atoms with Gasteiger partial charge < -0.3 is 10.8 Å². The number of aromatic nitrogens is 3. The molecule has 0 atom stereocenters. The van der Waals surface area contributed by atoms with Crippen molar-refractivity contribution in [1.82, 2.24) is 14.8 Å². The molecule has 0 unspecified atom stereocenters. The van der Waals surface area contributed by atoms with Crippen molar-refractivity contribution in [2.24, 2.45) is 5.92 Å². The first-order chi connectivity index (χ1) is 8.00. The Morgan fingerprint density at radius 2 is 2.24 bits per heavy atom. The predicted octanol–water partition coefficient (Wildman–Crippen LogP) is 1.47. The minimum Gasteiger partial charge on any atom is -0.481 e. The third-order valence-electron chi connectivity index (χ3n) is 2.23. The van der Waals surface area contributed by atoms with E-state index >= 15 is 0 Å². The van der Waals surface area contributed by atoms with Crippen molar-refractivity contribution >= 4 is 23.7 Å². The summed E-state index contributed by atoms with van der Waals surface area (Å²) in [5.41, 5.74) is 5.69. The van der Waals surface area contributed by atoms with Crippen LogP contribution in [0.4, 0.5) is 5.95 Å². The van der Waals surface area contributed by atoms with Crippen LogP contribution in [-0.4, -0.2) is 31.6 Å². The average molecular weight is 258 g/mol. The molecule has 0 saturated carbocycles. The van der Waals surface area contributed by atoms with Crippen LogP contribution < -0.4 is 5.73 Å². The summed E-state index contributed by atoms with van der Waals surface area (Å²) in [6, 6.07) is 0. The fourth-order valence-electron chi connectivity index (χ4n) is 1.40. The molecule has 0 aromatic carbocycles. The zero-order valence-corrected chi connectivity index (χ0v) is 10.9. The first kappa shape index (κ1) is 13.8. The van der Waals surface area contributed by atoms with Crippen LogP contribution in [0.3, 0.4) is 0 Å². The van der Waals surface area contributed by atoms with E-state index in [1.54, 1.807) is 4.57 Å². The number of nitrogens with two attached hydrogens (primary N) is 1. The third kappa shape index (κ3) is 4.64. The second-order valence-electron chi connectivity index (χ2n) is 4.21. The van der Waals surface area contributed by atoms with E-state index in [1.165, 1.54) is 0 Å². The van der Waals surface area contributed by atoms with Crippen molar-refractivity contribution < 1.29 is 9.90 Å². The van der Waals surface area contributed by atoms with Gasteiger partial charge in [0.1, 0.15) is 0 Å². The SMILES string of the molecule is CC(C)CCCn1c(N)nnc1SCC(=O)O. The van der Waals surface area contributed by atoms with Gasteiger partial charge in [0.25, 0.3) is 0 Å². The third-order valence-corrected chi connectivity index (χ3v) is 3.18. The molecule has 6 nitrogen and oxygen atoms in total. The maximum absolute atomic E-state index is 10.5. The number of hydrogen-bond donors (Lipinski definition) is 2. The van der Waals surface area contributed by atoms with E-state index in [9.17, 15) is 4.79 Å². The quantitative estimate of drug-likeness (QED) is 0.719. The topological polar surface area (TPSA) is 94.0 Å². The van der Waals surface area contributed by atoms with Gasteiger partial charge in [-0.1, -0.05) is 25.6 Å². The number of nitrogens with zero attached hydrogens (tertiary/aromatic N) is 3. The summed E-state index contributed by atoms with van der Waals surface area (Å²) in [5, 5.41) is 16.8. The fourth-order valence-corrected chi connectivity index (χ4v) is 2.09. The van der Waals surface area contributed by atoms with Crippen LogP contribution >= 0.6 is 11.8 Å². The lowest BCUT2D eigenvalue weighted by Gasteiger charge is -2.08. The van der Waals surface area contributed by atoms with Gasteiger partial charge in [0, 0.05) is 6.54 Å². The van der Waals surface area contributed by atoms with Gasteiger partial charge in [-0.05, 0) is 18.8 Å². The molecule has 1 aromatic heterocycles. The monoisotopic (exact) mass is 258 g/mol. The molecule has 1 heterocycles. The Balaban J connectivity index is 2.56. The maximum atomic E-state index is 10.5. The first-order valence-electron chi connectivity index (χ1n) is 5.54. The number of aliphatic carboxylic acids is 1. The summed E-state index contributed by atoms with van der Waals surface area (Å²) in [6.07, 6.45) is 2.08. The Hall–Kier alpha value is -1.24. The summed E-state index contributed by atoms with van der Waals surface area (Å²) in [4.78, 5) is 10.5. The molecule has 1 rings (SSSR count). The molecule has 0 aliphatic carbocycles. The molecule has 0 radical (unpaired) electrons. The lowest BCUT2D eigenvalue weighted by Crippen LogP contribution is -2.07. The number of nitrogen functional groups attached to an aromatic ring is 1. The van der Waals surface area contributed by atoms with Crippen LogP contribution in [-0.2, 0) is 11.3 Å². The number of hydrogen-bond acceptors (Lipinski definition) is 5. The zero-order valence-electron chi connectivity index (χ0n) is 10.1. The molecular weight excluding hydrogens is 240 g/mol. The lowest BCUT2D eigenvalue weighted by atomic mass is 10.1. The van der Waals surface area contributed by atoms with Gasteiger partial charge in [0.05, 0.1) is 5.75 Å². The van der Waals surface area contributed by atoms with Gasteiger partial charge in [-0.3, -0.25) is 9.36 Å². The van der Waals surface area contributed by atoms with E-state index in [4.69, 9.17) is 10.8 Å². The fraction of sp³-hybridized carbons (Fsp3) is 0.700. The molecule has 0 spiro atoms. The van der Waals surface area contributed by atoms with Crippen LogP contribution in [0.15, 0.2) is 5.16 Å². The van der Waals surface area contributed by atoms with Crippen LogP contribution in [0.1, 0.15) is 26.7 Å². The van der Waals surface area contributed by atoms with Crippen molar-refractivity contribution in [2.75, 3.05) is 11.5 Å². The van der Waals surface area contributed by atoms with Crippen molar-refractivity contribution in [3.8, 4) is 0 Å². The Morgan fingerprint density at radius 1 is 1.53 bits per heavy atom. The highest BCUT2D eigenvalue weighted by Gasteiger charge is 2.11. The molecule has 7 heteroatoms. The van der Waals surface area contributed by atoms with Gasteiger partial charge in [-0.15, -0.1) is 10.2 Å². The minimum atomic E-state index is -0.870. The molecule has 96 valence electrons. The summed E-state index contributed by atoms with van der Waals surface area (Å²) in [7, 11) is 0. The summed E-state index contributed by atoms with van der Waals surface area (Å²) in [5.74, 6) is 0.0947. The Bertz CT molecular complexity index is 378. The van der Waals surface area contributed by atoms with Gasteiger partial charge >= 0.3 is 5.97 Å². The van der Waals surface area contributed by atoms with E-state index in [0.717, 1.165) is 31.1 Å². The van der Waals surface area contributed by atoms with Crippen LogP contribution in [0.5, 0.6) is 0 Å². The van der Waals surface area contributed by atoms with Gasteiger partial charge in [0.15, 0.2) is 5.16 Å². The average Bonchev–Trinajstić information content (AvgIpc) is 2.57. The first-order valence-corrected chi connectivity index (χ1v) is 6.52. The smallest absolute Gasteiger partial charge is 0.313 e. The largest absolute Gasteiger partial charge is 0.481 e. The molecule has 3 N–H and O–H groups in total. The Morgan fingerprint density at radius 3 is 2.82 bits per heavy atom. The van der Waals surface area contributed by atoms with Gasteiger partial charge in [0.2, 0.25) is 5.95 Å². The highest BCUT2D eigenvalue weighted by Crippen LogP contribution is 2.19. The second-order valence-corrected chi connectivity index (χ2v) is 5.15. The standard InChI is InChI=1S/C10H18N4O2S/c1-7(2)4-3-5-14-9(11)12-13-10(14)17-6-8(15)16/h7H,3-6H2,1-2H3,(H2,11,12)(H,15,16). The van der Waals surface area contributed by atoms with Crippen molar-refractivity contribution in [3.63, 3.8) is 0 Å². The zero-order chi connectivity index (χ0) is 12.8. The molecular formula is C10H18N4O2S. The maximum Gasteiger partial charge on any atom is 0.313 e. The van der Waals surface area contributed by atoms with E-state index in [2.05, 4.69) is 24.0 Å². The number of carboxylic acid groups (broad SMARTS) is 1. The van der Waals surface area contributed by atoms with Gasteiger partial charge in [-0.25, -0.2) is 0 Å². The predicted molar refractivity (Wildman–Crippen MR) is 66.9 cm³/mol. The highest BCUT2D eigenvalue weighted by atomic mass is 32.2. The molecule has 0 amide bonds. The molecule has 0 bridgehead atoms. The summed E-state index contributed by atoms with van der Waals surface area (Å²) >= 11 is 1.14. The molecule has 1 aromatic rings. The normalized spacial score (nSPS) is 11.0. The molecule has 0 aliphatic heterocycles. The van der Waals surface area contributed by atoms with E-state index in [-0.39, 0.29) is 5.75 Å². The Kier molecular flexibility index (Phi) is 5.27. The molecule has 0 saturated heterocycles. The Labute approximate surface area is 105 Å². The number of rotatable bonds is 7.